The highest BCUT2D eigenvalue weighted by Gasteiger charge is 2.53. The number of methoxy groups -OCH3 is 1. The van der Waals surface area contributed by atoms with Crippen LogP contribution in [0.3, 0.4) is 0 Å². The third kappa shape index (κ3) is 7.98. The van der Waals surface area contributed by atoms with Gasteiger partial charge < -0.3 is 29.5 Å². The van der Waals surface area contributed by atoms with Gasteiger partial charge in [0.15, 0.2) is 21.5 Å². The molecule has 2 N–H and O–H groups in total. The third-order valence-electron chi connectivity index (χ3n) is 8.19. The van der Waals surface area contributed by atoms with Crippen LogP contribution in [0.25, 0.3) is 0 Å². The van der Waals surface area contributed by atoms with Gasteiger partial charge in [0.25, 0.3) is 5.91 Å². The van der Waals surface area contributed by atoms with Crippen LogP contribution in [0.15, 0.2) is 113 Å². The second-order valence-electron chi connectivity index (χ2n) is 11.7. The molecule has 4 aromatic rings. The molecule has 1 aliphatic rings. The standard InChI is InChI=1S/C37H41N3O7S/c1-40(2)30-17-13-27(14-18-30)26-38-36(42)37(21-24-48(43,44)33-11-5-4-6-12-33)34(29-9-7-10-32(25-29)45-3)47-35(39-37)28-15-19-31(20-16-28)46-23-8-22-41/h4-7,9-20,25,34,41H,8,21-24,26H2,1-3H3,(H,38,42)/t34-,37-/m1/s1. The Hall–Kier alpha value is -4.87. The minimum absolute atomic E-state index is 0.0277. The SMILES string of the molecule is COc1cccc([C@H]2OC(c3ccc(OCCCO)cc3)=N[C@@]2(CCS(=O)(=O)c2ccccc2)C(=O)NCc2ccc(N(C)C)cc2)c1. The molecule has 48 heavy (non-hydrogen) atoms. The average Bonchev–Trinajstić information content (AvgIpc) is 3.52. The molecular formula is C37H41N3O7S. The number of ether oxygens (including phenoxy) is 3. The molecular weight excluding hydrogens is 630 g/mol. The summed E-state index contributed by atoms with van der Waals surface area (Å²) in [6, 6.07) is 30.2. The zero-order valence-corrected chi connectivity index (χ0v) is 28.2. The summed E-state index contributed by atoms with van der Waals surface area (Å²) in [5.74, 6) is 0.552. The largest absolute Gasteiger partial charge is 0.497 e. The van der Waals surface area contributed by atoms with Crippen molar-refractivity contribution >= 4 is 27.3 Å². The maximum atomic E-state index is 14.5. The summed E-state index contributed by atoms with van der Waals surface area (Å²) < 4.78 is 44.9. The molecule has 1 aliphatic heterocycles. The molecule has 0 saturated heterocycles. The van der Waals surface area contributed by atoms with Crippen molar-refractivity contribution in [3.8, 4) is 11.5 Å². The Balaban J connectivity index is 1.54. The smallest absolute Gasteiger partial charge is 0.252 e. The number of carbonyl (C=O) groups is 1. The molecule has 11 heteroatoms. The van der Waals surface area contributed by atoms with Gasteiger partial charge in [-0.2, -0.15) is 0 Å². The van der Waals surface area contributed by atoms with E-state index in [-0.39, 0.29) is 36.1 Å². The summed E-state index contributed by atoms with van der Waals surface area (Å²) in [6.07, 6.45) is -0.614. The van der Waals surface area contributed by atoms with E-state index in [1.165, 1.54) is 0 Å². The van der Waals surface area contributed by atoms with Crippen molar-refractivity contribution in [2.45, 2.75) is 35.9 Å². The van der Waals surface area contributed by atoms with Crippen LogP contribution in [0.5, 0.6) is 11.5 Å². The predicted molar refractivity (Wildman–Crippen MR) is 185 cm³/mol. The summed E-state index contributed by atoms with van der Waals surface area (Å²) >= 11 is 0. The summed E-state index contributed by atoms with van der Waals surface area (Å²) in [7, 11) is 1.67. The van der Waals surface area contributed by atoms with E-state index < -0.39 is 27.4 Å². The Morgan fingerprint density at radius 1 is 0.958 bits per heavy atom. The van der Waals surface area contributed by atoms with Crippen LogP contribution in [0.2, 0.25) is 0 Å². The van der Waals surface area contributed by atoms with Gasteiger partial charge in [-0.1, -0.05) is 42.5 Å². The van der Waals surface area contributed by atoms with Crippen molar-refractivity contribution in [2.75, 3.05) is 45.1 Å². The number of anilines is 1. The van der Waals surface area contributed by atoms with Crippen molar-refractivity contribution < 1.29 is 32.5 Å². The first-order valence-corrected chi connectivity index (χ1v) is 17.4. The fourth-order valence-electron chi connectivity index (χ4n) is 5.46. The second kappa shape index (κ2) is 15.4. The van der Waals surface area contributed by atoms with E-state index >= 15 is 0 Å². The Labute approximate surface area is 281 Å². The maximum absolute atomic E-state index is 14.5. The highest BCUT2D eigenvalue weighted by molar-refractivity contribution is 7.91. The fraction of sp³-hybridized carbons (Fsp3) is 0.297. The molecule has 2 atom stereocenters. The molecule has 252 valence electrons. The lowest BCUT2D eigenvalue weighted by molar-refractivity contribution is -0.129. The minimum Gasteiger partial charge on any atom is -0.497 e. The number of hydrogen-bond donors (Lipinski definition) is 2. The topological polar surface area (TPSA) is 127 Å². The number of amides is 1. The van der Waals surface area contributed by atoms with Crippen LogP contribution in [0.1, 0.15) is 35.6 Å². The first kappa shape index (κ1) is 34.5. The van der Waals surface area contributed by atoms with Crippen LogP contribution in [0.4, 0.5) is 5.69 Å². The number of nitrogens with zero attached hydrogens (tertiary/aromatic N) is 2. The molecule has 1 heterocycles. The molecule has 0 fully saturated rings. The number of benzene rings is 4. The van der Waals surface area contributed by atoms with Crippen molar-refractivity contribution in [3.05, 3.63) is 120 Å². The maximum Gasteiger partial charge on any atom is 0.252 e. The van der Waals surface area contributed by atoms with E-state index in [9.17, 15) is 13.2 Å². The van der Waals surface area contributed by atoms with Crippen LogP contribution in [-0.4, -0.2) is 71.0 Å². The summed E-state index contributed by atoms with van der Waals surface area (Å²) in [5.41, 5.74) is 1.45. The van der Waals surface area contributed by atoms with Gasteiger partial charge in [-0.05, 0) is 71.8 Å². The number of aliphatic hydroxyl groups is 1. The first-order chi connectivity index (χ1) is 23.1. The molecule has 4 aromatic carbocycles. The molecule has 0 radical (unpaired) electrons. The number of rotatable bonds is 15. The highest BCUT2D eigenvalue weighted by atomic mass is 32.2. The van der Waals surface area contributed by atoms with Gasteiger partial charge in [0.2, 0.25) is 5.90 Å². The first-order valence-electron chi connectivity index (χ1n) is 15.7. The average molecular weight is 672 g/mol. The number of nitrogens with one attached hydrogen (secondary N) is 1. The van der Waals surface area contributed by atoms with Gasteiger partial charge in [-0.25, -0.2) is 13.4 Å². The van der Waals surface area contributed by atoms with Gasteiger partial charge in [0.05, 0.1) is 24.4 Å². The molecule has 0 aromatic heterocycles. The summed E-state index contributed by atoms with van der Waals surface area (Å²) in [6.45, 7) is 0.595. The predicted octanol–water partition coefficient (Wildman–Crippen LogP) is 4.96. The van der Waals surface area contributed by atoms with E-state index in [0.29, 0.717) is 35.7 Å². The van der Waals surface area contributed by atoms with E-state index in [4.69, 9.17) is 24.3 Å². The summed E-state index contributed by atoms with van der Waals surface area (Å²) in [4.78, 5) is 21.6. The molecule has 0 spiro atoms. The Bertz CT molecular complexity index is 1810. The number of carbonyl (C=O) groups excluding carboxylic acids is 1. The van der Waals surface area contributed by atoms with Crippen molar-refractivity contribution in [1.82, 2.24) is 5.32 Å². The number of aliphatic imine (C=N–C) groups is 1. The van der Waals surface area contributed by atoms with Crippen LogP contribution >= 0.6 is 0 Å². The number of aliphatic hydroxyl groups excluding tert-OH is 1. The lowest BCUT2D eigenvalue weighted by Crippen LogP contribution is -2.49. The third-order valence-corrected chi connectivity index (χ3v) is 9.92. The Morgan fingerprint density at radius 2 is 1.69 bits per heavy atom. The summed E-state index contributed by atoms with van der Waals surface area (Å²) in [5, 5.41) is 12.1. The number of sulfone groups is 1. The van der Waals surface area contributed by atoms with Gasteiger partial charge in [0, 0.05) is 51.3 Å². The van der Waals surface area contributed by atoms with Crippen molar-refractivity contribution in [1.29, 1.82) is 0 Å². The van der Waals surface area contributed by atoms with Gasteiger partial charge >= 0.3 is 0 Å². The molecule has 0 bridgehead atoms. The van der Waals surface area contributed by atoms with Crippen molar-refractivity contribution in [2.24, 2.45) is 4.99 Å². The van der Waals surface area contributed by atoms with Crippen LogP contribution < -0.4 is 19.7 Å². The lowest BCUT2D eigenvalue weighted by atomic mass is 9.85. The van der Waals surface area contributed by atoms with E-state index in [2.05, 4.69) is 5.32 Å². The highest BCUT2D eigenvalue weighted by Crippen LogP contribution is 2.44. The second-order valence-corrected chi connectivity index (χ2v) is 13.8. The van der Waals surface area contributed by atoms with E-state index in [1.807, 2.05) is 49.3 Å². The van der Waals surface area contributed by atoms with E-state index in [1.54, 1.807) is 79.9 Å². The van der Waals surface area contributed by atoms with Gasteiger partial charge in [0.1, 0.15) is 11.5 Å². The molecule has 0 aliphatic carbocycles. The monoisotopic (exact) mass is 671 g/mol. The molecule has 0 saturated carbocycles. The van der Waals surface area contributed by atoms with E-state index in [0.717, 1.165) is 11.3 Å². The van der Waals surface area contributed by atoms with Crippen LogP contribution in [0, 0.1) is 0 Å². The molecule has 1 amide bonds. The molecule has 0 unspecified atom stereocenters. The number of hydrogen-bond acceptors (Lipinski definition) is 9. The zero-order valence-electron chi connectivity index (χ0n) is 27.3. The van der Waals surface area contributed by atoms with Crippen molar-refractivity contribution in [3.63, 3.8) is 0 Å². The Morgan fingerprint density at radius 3 is 2.35 bits per heavy atom. The minimum atomic E-state index is -3.79. The normalized spacial score (nSPS) is 17.2. The molecule has 10 nitrogen and oxygen atoms in total. The van der Waals surface area contributed by atoms with Gasteiger partial charge in [-0.15, -0.1) is 0 Å². The Kier molecular flexibility index (Phi) is 11.0. The fourth-order valence-corrected chi connectivity index (χ4v) is 6.85. The van der Waals surface area contributed by atoms with Crippen LogP contribution in [-0.2, 0) is 25.9 Å². The zero-order chi connectivity index (χ0) is 34.1. The van der Waals surface area contributed by atoms with Gasteiger partial charge in [-0.3, -0.25) is 4.79 Å². The quantitative estimate of drug-likeness (QED) is 0.170. The molecule has 5 rings (SSSR count). The lowest BCUT2D eigenvalue weighted by Gasteiger charge is -2.31.